The highest BCUT2D eigenvalue weighted by Crippen LogP contribution is 2.28. The van der Waals surface area contributed by atoms with E-state index in [2.05, 4.69) is 28.1 Å². The van der Waals surface area contributed by atoms with Gasteiger partial charge in [-0.2, -0.15) is 10.5 Å². The molecule has 92 valence electrons. The van der Waals surface area contributed by atoms with Gasteiger partial charge in [-0.1, -0.05) is 15.9 Å². The standard InChI is InChI=1S/C15H10BrN3/c1-19(14-5-2-11(9-17)3-6-14)15-7-4-13(16)8-12(15)10-18/h2-8H,1H3. The summed E-state index contributed by atoms with van der Waals surface area (Å²) in [6, 6.07) is 17.1. The Hall–Kier alpha value is -2.30. The van der Waals surface area contributed by atoms with Crippen molar-refractivity contribution in [2.45, 2.75) is 0 Å². The number of anilines is 2. The minimum atomic E-state index is 0.598. The van der Waals surface area contributed by atoms with Crippen molar-refractivity contribution in [2.75, 3.05) is 11.9 Å². The van der Waals surface area contributed by atoms with Gasteiger partial charge in [0, 0.05) is 17.2 Å². The fraction of sp³-hybridized carbons (Fsp3) is 0.0667. The average molecular weight is 312 g/mol. The number of benzene rings is 2. The van der Waals surface area contributed by atoms with Crippen LogP contribution in [0.15, 0.2) is 46.9 Å². The Balaban J connectivity index is 2.41. The van der Waals surface area contributed by atoms with E-state index in [9.17, 15) is 5.26 Å². The summed E-state index contributed by atoms with van der Waals surface area (Å²) in [5.74, 6) is 0. The van der Waals surface area contributed by atoms with E-state index in [1.165, 1.54) is 0 Å². The first-order chi connectivity index (χ1) is 9.15. The molecule has 0 saturated heterocycles. The predicted molar refractivity (Wildman–Crippen MR) is 78.1 cm³/mol. The predicted octanol–water partition coefficient (Wildman–Crippen LogP) is 3.96. The van der Waals surface area contributed by atoms with Gasteiger partial charge >= 0.3 is 0 Å². The minimum Gasteiger partial charge on any atom is -0.344 e. The first kappa shape index (κ1) is 13.1. The second-order valence-corrected chi connectivity index (χ2v) is 4.91. The van der Waals surface area contributed by atoms with E-state index in [0.717, 1.165) is 15.8 Å². The molecule has 0 bridgehead atoms. The molecule has 0 aliphatic rings. The summed E-state index contributed by atoms with van der Waals surface area (Å²) in [6.07, 6.45) is 0. The van der Waals surface area contributed by atoms with Crippen LogP contribution in [0.25, 0.3) is 0 Å². The van der Waals surface area contributed by atoms with E-state index in [1.54, 1.807) is 18.2 Å². The second-order valence-electron chi connectivity index (χ2n) is 3.99. The van der Waals surface area contributed by atoms with Gasteiger partial charge in [-0.25, -0.2) is 0 Å². The lowest BCUT2D eigenvalue weighted by atomic mass is 10.1. The molecular formula is C15H10BrN3. The molecule has 2 rings (SSSR count). The largest absolute Gasteiger partial charge is 0.344 e. The third kappa shape index (κ3) is 2.76. The normalized spacial score (nSPS) is 9.47. The monoisotopic (exact) mass is 311 g/mol. The minimum absolute atomic E-state index is 0.598. The van der Waals surface area contributed by atoms with Gasteiger partial charge in [0.15, 0.2) is 0 Å². The van der Waals surface area contributed by atoms with E-state index >= 15 is 0 Å². The Morgan fingerprint density at radius 3 is 2.26 bits per heavy atom. The molecule has 0 heterocycles. The van der Waals surface area contributed by atoms with Gasteiger partial charge in [0.1, 0.15) is 6.07 Å². The number of nitriles is 2. The molecule has 2 aromatic carbocycles. The van der Waals surface area contributed by atoms with Crippen LogP contribution in [-0.2, 0) is 0 Å². The molecule has 2 aromatic rings. The molecule has 0 radical (unpaired) electrons. The van der Waals surface area contributed by atoms with Crippen LogP contribution in [0.3, 0.4) is 0 Å². The summed E-state index contributed by atoms with van der Waals surface area (Å²) in [4.78, 5) is 1.92. The lowest BCUT2D eigenvalue weighted by Gasteiger charge is -2.20. The number of nitrogens with zero attached hydrogens (tertiary/aromatic N) is 3. The molecule has 0 spiro atoms. The van der Waals surface area contributed by atoms with Gasteiger partial charge in [-0.3, -0.25) is 0 Å². The molecule has 0 amide bonds. The Morgan fingerprint density at radius 2 is 1.68 bits per heavy atom. The van der Waals surface area contributed by atoms with E-state index < -0.39 is 0 Å². The summed E-state index contributed by atoms with van der Waals surface area (Å²) >= 11 is 3.36. The van der Waals surface area contributed by atoms with Crippen LogP contribution in [0.1, 0.15) is 11.1 Å². The number of hydrogen-bond donors (Lipinski definition) is 0. The Morgan fingerprint density at radius 1 is 1.00 bits per heavy atom. The van der Waals surface area contributed by atoms with Crippen molar-refractivity contribution in [2.24, 2.45) is 0 Å². The van der Waals surface area contributed by atoms with Crippen molar-refractivity contribution in [1.82, 2.24) is 0 Å². The molecule has 0 aliphatic carbocycles. The quantitative estimate of drug-likeness (QED) is 0.843. The molecule has 0 aliphatic heterocycles. The molecule has 0 atom stereocenters. The highest BCUT2D eigenvalue weighted by Gasteiger charge is 2.09. The molecule has 3 nitrogen and oxygen atoms in total. The first-order valence-corrected chi connectivity index (χ1v) is 6.38. The van der Waals surface area contributed by atoms with Gasteiger partial charge < -0.3 is 4.90 Å². The molecule has 19 heavy (non-hydrogen) atoms. The first-order valence-electron chi connectivity index (χ1n) is 5.59. The summed E-state index contributed by atoms with van der Waals surface area (Å²) in [5, 5.41) is 18.0. The van der Waals surface area contributed by atoms with Gasteiger partial charge in [-0.05, 0) is 42.5 Å². The van der Waals surface area contributed by atoms with Crippen LogP contribution >= 0.6 is 15.9 Å². The van der Waals surface area contributed by atoms with E-state index in [1.807, 2.05) is 36.2 Å². The van der Waals surface area contributed by atoms with Gasteiger partial charge in [-0.15, -0.1) is 0 Å². The van der Waals surface area contributed by atoms with Crippen molar-refractivity contribution in [3.05, 3.63) is 58.1 Å². The number of hydrogen-bond acceptors (Lipinski definition) is 3. The van der Waals surface area contributed by atoms with Crippen molar-refractivity contribution in [3.8, 4) is 12.1 Å². The molecular weight excluding hydrogens is 302 g/mol. The van der Waals surface area contributed by atoms with Crippen LogP contribution in [0, 0.1) is 22.7 Å². The van der Waals surface area contributed by atoms with E-state index in [0.29, 0.717) is 11.1 Å². The maximum absolute atomic E-state index is 9.18. The lowest BCUT2D eigenvalue weighted by molar-refractivity contribution is 1.20. The van der Waals surface area contributed by atoms with Crippen molar-refractivity contribution in [3.63, 3.8) is 0 Å². The van der Waals surface area contributed by atoms with Crippen molar-refractivity contribution >= 4 is 27.3 Å². The highest BCUT2D eigenvalue weighted by molar-refractivity contribution is 9.10. The zero-order valence-electron chi connectivity index (χ0n) is 10.3. The molecule has 0 unspecified atom stereocenters. The Kier molecular flexibility index (Phi) is 3.85. The van der Waals surface area contributed by atoms with Crippen LogP contribution in [-0.4, -0.2) is 7.05 Å². The third-order valence-corrected chi connectivity index (χ3v) is 3.32. The topological polar surface area (TPSA) is 50.8 Å². The summed E-state index contributed by atoms with van der Waals surface area (Å²) < 4.78 is 0.876. The zero-order valence-corrected chi connectivity index (χ0v) is 11.8. The van der Waals surface area contributed by atoms with E-state index in [-0.39, 0.29) is 0 Å². The number of halogens is 1. The molecule has 0 N–H and O–H groups in total. The summed E-state index contributed by atoms with van der Waals surface area (Å²) in [6.45, 7) is 0. The molecule has 0 fully saturated rings. The summed E-state index contributed by atoms with van der Waals surface area (Å²) in [5.41, 5.74) is 2.97. The van der Waals surface area contributed by atoms with Crippen molar-refractivity contribution in [1.29, 1.82) is 10.5 Å². The second kappa shape index (κ2) is 5.56. The Labute approximate surface area is 120 Å². The van der Waals surface area contributed by atoms with Crippen LogP contribution in [0.4, 0.5) is 11.4 Å². The van der Waals surface area contributed by atoms with Crippen LogP contribution < -0.4 is 4.90 Å². The average Bonchev–Trinajstić information content (AvgIpc) is 2.46. The number of rotatable bonds is 2. The van der Waals surface area contributed by atoms with Crippen molar-refractivity contribution < 1.29 is 0 Å². The zero-order chi connectivity index (χ0) is 13.8. The third-order valence-electron chi connectivity index (χ3n) is 2.82. The molecule has 0 aromatic heterocycles. The van der Waals surface area contributed by atoms with E-state index in [4.69, 9.17) is 5.26 Å². The highest BCUT2D eigenvalue weighted by atomic mass is 79.9. The smallest absolute Gasteiger partial charge is 0.101 e. The SMILES string of the molecule is CN(c1ccc(C#N)cc1)c1ccc(Br)cc1C#N. The molecule has 0 saturated carbocycles. The van der Waals surface area contributed by atoms with Crippen LogP contribution in [0.5, 0.6) is 0 Å². The van der Waals surface area contributed by atoms with Gasteiger partial charge in [0.2, 0.25) is 0 Å². The maximum atomic E-state index is 9.18. The van der Waals surface area contributed by atoms with Gasteiger partial charge in [0.25, 0.3) is 0 Å². The fourth-order valence-corrected chi connectivity index (χ4v) is 2.15. The molecule has 4 heteroatoms. The fourth-order valence-electron chi connectivity index (χ4n) is 1.79. The maximum Gasteiger partial charge on any atom is 0.101 e. The Bertz CT molecular complexity index is 678. The lowest BCUT2D eigenvalue weighted by Crippen LogP contribution is -2.10. The van der Waals surface area contributed by atoms with Crippen LogP contribution in [0.2, 0.25) is 0 Å². The summed E-state index contributed by atoms with van der Waals surface area (Å²) in [7, 11) is 1.89. The van der Waals surface area contributed by atoms with Gasteiger partial charge in [0.05, 0.1) is 22.9 Å².